The average molecular weight is 398 g/mol. The smallest absolute Gasteiger partial charge is 0.277 e. The fraction of sp³-hybridized carbons (Fsp3) is 0.188. The molecule has 0 bridgehead atoms. The van der Waals surface area contributed by atoms with Gasteiger partial charge in [0.05, 0.1) is 31.5 Å². The zero-order valence-electron chi connectivity index (χ0n) is 13.5. The second-order valence-corrected chi connectivity index (χ2v) is 6.13. The average Bonchev–Trinajstić information content (AvgIpc) is 2.61. The second kappa shape index (κ2) is 8.11. The molecule has 0 unspecified atom stereocenters. The number of benzene rings is 2. The molecule has 0 radical (unpaired) electrons. The molecular formula is C16H13Cl2N3O5. The Morgan fingerprint density at radius 3 is 2.04 bits per heavy atom. The van der Waals surface area contributed by atoms with Crippen LogP contribution in [0.2, 0.25) is 10.0 Å². The van der Waals surface area contributed by atoms with Crippen LogP contribution in [0.5, 0.6) is 0 Å². The molecule has 0 saturated heterocycles. The minimum Gasteiger partial charge on any atom is -0.335 e. The van der Waals surface area contributed by atoms with Crippen molar-refractivity contribution in [1.82, 2.24) is 4.90 Å². The van der Waals surface area contributed by atoms with E-state index in [1.165, 1.54) is 4.90 Å². The van der Waals surface area contributed by atoms with Gasteiger partial charge in [-0.15, -0.1) is 0 Å². The molecule has 136 valence electrons. The van der Waals surface area contributed by atoms with E-state index in [4.69, 9.17) is 23.2 Å². The van der Waals surface area contributed by atoms with Crippen LogP contribution in [0.25, 0.3) is 0 Å². The number of nitro benzene ring substituents is 2. The van der Waals surface area contributed by atoms with Gasteiger partial charge in [0.25, 0.3) is 17.3 Å². The van der Waals surface area contributed by atoms with E-state index in [-0.39, 0.29) is 18.7 Å². The highest BCUT2D eigenvalue weighted by Gasteiger charge is 2.23. The van der Waals surface area contributed by atoms with E-state index in [0.717, 1.165) is 18.2 Å². The summed E-state index contributed by atoms with van der Waals surface area (Å²) in [6.45, 7) is 2.18. The Balaban J connectivity index is 2.36. The van der Waals surface area contributed by atoms with Gasteiger partial charge in [-0.2, -0.15) is 0 Å². The van der Waals surface area contributed by atoms with Crippen LogP contribution >= 0.6 is 23.2 Å². The highest BCUT2D eigenvalue weighted by Crippen LogP contribution is 2.26. The van der Waals surface area contributed by atoms with Gasteiger partial charge in [0, 0.05) is 25.2 Å². The number of nitrogens with zero attached hydrogens (tertiary/aromatic N) is 3. The molecule has 2 aromatic rings. The first-order chi connectivity index (χ1) is 12.2. The molecule has 0 aromatic heterocycles. The van der Waals surface area contributed by atoms with Crippen molar-refractivity contribution >= 4 is 40.5 Å². The highest BCUT2D eigenvalue weighted by molar-refractivity contribution is 6.42. The van der Waals surface area contributed by atoms with E-state index in [0.29, 0.717) is 15.6 Å². The van der Waals surface area contributed by atoms with Gasteiger partial charge in [-0.05, 0) is 24.6 Å². The third-order valence-corrected chi connectivity index (χ3v) is 4.34. The molecule has 2 rings (SSSR count). The maximum Gasteiger partial charge on any atom is 0.277 e. The Bertz CT molecular complexity index is 856. The quantitative estimate of drug-likeness (QED) is 0.527. The van der Waals surface area contributed by atoms with Crippen molar-refractivity contribution in [3.8, 4) is 0 Å². The number of halogens is 2. The lowest BCUT2D eigenvalue weighted by atomic mass is 10.1. The summed E-state index contributed by atoms with van der Waals surface area (Å²) < 4.78 is 0. The maximum atomic E-state index is 12.7. The molecule has 0 fully saturated rings. The molecule has 0 aliphatic carbocycles. The third kappa shape index (κ3) is 4.47. The summed E-state index contributed by atoms with van der Waals surface area (Å²) in [5.41, 5.74) is -0.469. The number of non-ortho nitro benzene ring substituents is 2. The van der Waals surface area contributed by atoms with Crippen LogP contribution in [0.1, 0.15) is 22.8 Å². The summed E-state index contributed by atoms with van der Waals surface area (Å²) in [4.78, 5) is 34.5. The molecule has 2 aromatic carbocycles. The van der Waals surface area contributed by atoms with Crippen molar-refractivity contribution in [1.29, 1.82) is 0 Å². The van der Waals surface area contributed by atoms with Crippen molar-refractivity contribution in [2.24, 2.45) is 0 Å². The van der Waals surface area contributed by atoms with E-state index in [9.17, 15) is 25.0 Å². The minimum absolute atomic E-state index is 0.132. The normalized spacial score (nSPS) is 10.4. The van der Waals surface area contributed by atoms with Gasteiger partial charge in [-0.25, -0.2) is 0 Å². The number of nitro groups is 2. The predicted molar refractivity (Wildman–Crippen MR) is 96.6 cm³/mol. The number of carbonyl (C=O) groups is 1. The number of carbonyl (C=O) groups excluding carboxylic acids is 1. The number of amides is 1. The van der Waals surface area contributed by atoms with Crippen molar-refractivity contribution in [2.45, 2.75) is 13.5 Å². The topological polar surface area (TPSA) is 107 Å². The molecule has 0 saturated carbocycles. The Kier molecular flexibility index (Phi) is 6.12. The zero-order valence-corrected chi connectivity index (χ0v) is 15.0. The van der Waals surface area contributed by atoms with Crippen LogP contribution in [0.4, 0.5) is 11.4 Å². The van der Waals surface area contributed by atoms with Gasteiger partial charge in [-0.3, -0.25) is 25.0 Å². The largest absolute Gasteiger partial charge is 0.335 e. The van der Waals surface area contributed by atoms with Crippen LogP contribution in [-0.2, 0) is 6.54 Å². The van der Waals surface area contributed by atoms with Crippen molar-refractivity contribution in [3.63, 3.8) is 0 Å². The van der Waals surface area contributed by atoms with Gasteiger partial charge in [0.1, 0.15) is 0 Å². The molecule has 8 nitrogen and oxygen atoms in total. The highest BCUT2D eigenvalue weighted by atomic mass is 35.5. The van der Waals surface area contributed by atoms with Gasteiger partial charge >= 0.3 is 0 Å². The van der Waals surface area contributed by atoms with Crippen LogP contribution in [0.3, 0.4) is 0 Å². The summed E-state index contributed by atoms with van der Waals surface area (Å²) in [5.74, 6) is -0.564. The summed E-state index contributed by atoms with van der Waals surface area (Å²) in [6, 6.07) is 7.75. The number of hydrogen-bond acceptors (Lipinski definition) is 5. The lowest BCUT2D eigenvalue weighted by Crippen LogP contribution is -2.30. The van der Waals surface area contributed by atoms with Crippen LogP contribution in [0, 0.1) is 20.2 Å². The van der Waals surface area contributed by atoms with E-state index < -0.39 is 27.1 Å². The fourth-order valence-corrected chi connectivity index (χ4v) is 2.62. The Labute approximate surface area is 158 Å². The van der Waals surface area contributed by atoms with Crippen LogP contribution < -0.4 is 0 Å². The molecule has 1 amide bonds. The van der Waals surface area contributed by atoms with Crippen molar-refractivity contribution in [2.75, 3.05) is 6.54 Å². The minimum atomic E-state index is -0.779. The molecule has 0 atom stereocenters. The van der Waals surface area contributed by atoms with Gasteiger partial charge < -0.3 is 4.90 Å². The molecule has 0 aliphatic heterocycles. The summed E-state index contributed by atoms with van der Waals surface area (Å²) >= 11 is 11.8. The first-order valence-corrected chi connectivity index (χ1v) is 8.15. The van der Waals surface area contributed by atoms with E-state index in [2.05, 4.69) is 0 Å². The Morgan fingerprint density at radius 1 is 1.00 bits per heavy atom. The molecule has 0 N–H and O–H groups in total. The van der Waals surface area contributed by atoms with Crippen molar-refractivity contribution < 1.29 is 14.6 Å². The second-order valence-electron chi connectivity index (χ2n) is 5.32. The zero-order chi connectivity index (χ0) is 19.4. The first kappa shape index (κ1) is 19.6. The van der Waals surface area contributed by atoms with E-state index in [1.807, 2.05) is 0 Å². The van der Waals surface area contributed by atoms with Gasteiger partial charge in [0.15, 0.2) is 0 Å². The lowest BCUT2D eigenvalue weighted by Gasteiger charge is -2.21. The molecule has 10 heteroatoms. The summed E-state index contributed by atoms with van der Waals surface area (Å²) in [5, 5.41) is 22.7. The monoisotopic (exact) mass is 397 g/mol. The van der Waals surface area contributed by atoms with Crippen LogP contribution in [0.15, 0.2) is 36.4 Å². The summed E-state index contributed by atoms with van der Waals surface area (Å²) in [7, 11) is 0. The predicted octanol–water partition coefficient (Wildman–Crippen LogP) is 4.47. The van der Waals surface area contributed by atoms with Gasteiger partial charge in [-0.1, -0.05) is 29.3 Å². The fourth-order valence-electron chi connectivity index (χ4n) is 2.30. The lowest BCUT2D eigenvalue weighted by molar-refractivity contribution is -0.394. The molecule has 0 heterocycles. The molecular weight excluding hydrogens is 385 g/mol. The number of hydrogen-bond donors (Lipinski definition) is 0. The summed E-state index contributed by atoms with van der Waals surface area (Å²) in [6.07, 6.45) is 0. The third-order valence-electron chi connectivity index (χ3n) is 3.60. The first-order valence-electron chi connectivity index (χ1n) is 7.40. The Morgan fingerprint density at radius 2 is 1.58 bits per heavy atom. The van der Waals surface area contributed by atoms with Crippen LogP contribution in [-0.4, -0.2) is 27.2 Å². The SMILES string of the molecule is CCN(Cc1ccc(Cl)c(Cl)c1)C(=O)c1cc([N+](=O)[O-])cc([N+](=O)[O-])c1. The maximum absolute atomic E-state index is 12.7. The standard InChI is InChI=1S/C16H13Cl2N3O5/c1-2-19(9-10-3-4-14(17)15(18)5-10)16(22)11-6-12(20(23)24)8-13(7-11)21(25)26/h3-8H,2,9H2,1H3. The molecule has 0 spiro atoms. The van der Waals surface area contributed by atoms with Crippen molar-refractivity contribution in [3.05, 3.63) is 77.8 Å². The van der Waals surface area contributed by atoms with E-state index in [1.54, 1.807) is 25.1 Å². The molecule has 0 aliphatic rings. The van der Waals surface area contributed by atoms with E-state index >= 15 is 0 Å². The number of rotatable bonds is 6. The van der Waals surface area contributed by atoms with Gasteiger partial charge in [0.2, 0.25) is 0 Å². The molecule has 26 heavy (non-hydrogen) atoms. The Hall–Kier alpha value is -2.71.